The summed E-state index contributed by atoms with van der Waals surface area (Å²) in [5.74, 6) is 0.893. The van der Waals surface area contributed by atoms with Crippen molar-refractivity contribution in [3.8, 4) is 0 Å². The first-order valence-electron chi connectivity index (χ1n) is 9.05. The molecule has 2 unspecified atom stereocenters. The second-order valence-electron chi connectivity index (χ2n) is 6.64. The van der Waals surface area contributed by atoms with E-state index in [9.17, 15) is 5.11 Å². The van der Waals surface area contributed by atoms with Gasteiger partial charge < -0.3 is 15.7 Å². The van der Waals surface area contributed by atoms with E-state index >= 15 is 0 Å². The van der Waals surface area contributed by atoms with Crippen LogP contribution in [-0.4, -0.2) is 61.3 Å². The highest BCUT2D eigenvalue weighted by Crippen LogP contribution is 2.26. The number of likely N-dealkylation sites (N-methyl/N-ethyl adjacent to an activating group) is 1. The third kappa shape index (κ3) is 5.80. The Morgan fingerprint density at radius 1 is 1.29 bits per heavy atom. The summed E-state index contributed by atoms with van der Waals surface area (Å²) in [6, 6.07) is 11.3. The highest BCUT2D eigenvalue weighted by Gasteiger charge is 2.28. The fraction of sp³-hybridized carbons (Fsp3) is 0.632. The molecule has 1 saturated carbocycles. The number of nitrogens with one attached hydrogen (secondary N) is 2. The summed E-state index contributed by atoms with van der Waals surface area (Å²) >= 11 is 0. The van der Waals surface area contributed by atoms with Crippen LogP contribution in [0.3, 0.4) is 0 Å². The van der Waals surface area contributed by atoms with Gasteiger partial charge in [-0.15, -0.1) is 0 Å². The summed E-state index contributed by atoms with van der Waals surface area (Å²) in [5, 5.41) is 16.3. The van der Waals surface area contributed by atoms with E-state index in [2.05, 4.69) is 48.6 Å². The Kier molecular flexibility index (Phi) is 7.53. The Morgan fingerprint density at radius 3 is 2.58 bits per heavy atom. The van der Waals surface area contributed by atoms with E-state index in [0.717, 1.165) is 30.7 Å². The molecule has 1 aromatic rings. The van der Waals surface area contributed by atoms with Crippen LogP contribution in [0, 0.1) is 0 Å². The van der Waals surface area contributed by atoms with E-state index in [1.807, 2.05) is 18.2 Å². The van der Waals surface area contributed by atoms with Crippen LogP contribution in [0.15, 0.2) is 35.3 Å². The molecular formula is C19H32N4O. The topological polar surface area (TPSA) is 59.9 Å². The minimum Gasteiger partial charge on any atom is -0.396 e. The van der Waals surface area contributed by atoms with Gasteiger partial charge in [0.15, 0.2) is 5.96 Å². The van der Waals surface area contributed by atoms with Crippen LogP contribution in [-0.2, 0) is 0 Å². The molecule has 0 amide bonds. The maximum Gasteiger partial charge on any atom is 0.191 e. The molecule has 0 radical (unpaired) electrons. The predicted molar refractivity (Wildman–Crippen MR) is 100 cm³/mol. The van der Waals surface area contributed by atoms with E-state index in [1.165, 1.54) is 12.8 Å². The molecule has 5 nitrogen and oxygen atoms in total. The fourth-order valence-electron chi connectivity index (χ4n) is 2.77. The van der Waals surface area contributed by atoms with Gasteiger partial charge >= 0.3 is 0 Å². The van der Waals surface area contributed by atoms with Gasteiger partial charge in [0.05, 0.1) is 13.2 Å². The maximum absolute atomic E-state index is 9.67. The zero-order valence-electron chi connectivity index (χ0n) is 15.2. The molecule has 2 atom stereocenters. The summed E-state index contributed by atoms with van der Waals surface area (Å²) in [6.45, 7) is 6.69. The van der Waals surface area contributed by atoms with Gasteiger partial charge in [0.25, 0.3) is 0 Å². The first kappa shape index (κ1) is 18.7. The molecule has 24 heavy (non-hydrogen) atoms. The molecule has 1 fully saturated rings. The molecule has 1 aliphatic carbocycles. The number of rotatable bonds is 9. The van der Waals surface area contributed by atoms with Crippen molar-refractivity contribution in [2.45, 2.75) is 44.7 Å². The first-order valence-corrected chi connectivity index (χ1v) is 9.05. The summed E-state index contributed by atoms with van der Waals surface area (Å²) in [5.41, 5.74) is 1.14. The van der Waals surface area contributed by atoms with Crippen molar-refractivity contribution in [2.75, 3.05) is 33.3 Å². The van der Waals surface area contributed by atoms with Crippen LogP contribution in [0.5, 0.6) is 0 Å². The number of hydrogen-bond donors (Lipinski definition) is 3. The van der Waals surface area contributed by atoms with Gasteiger partial charge in [-0.1, -0.05) is 30.3 Å². The van der Waals surface area contributed by atoms with Crippen LogP contribution in [0.4, 0.5) is 0 Å². The van der Waals surface area contributed by atoms with Gasteiger partial charge in [-0.3, -0.25) is 9.89 Å². The van der Waals surface area contributed by atoms with Gasteiger partial charge in [-0.25, -0.2) is 0 Å². The first-order chi connectivity index (χ1) is 11.7. The third-order valence-corrected chi connectivity index (χ3v) is 4.68. The number of guanidine groups is 1. The lowest BCUT2D eigenvalue weighted by atomic mass is 10.0. The maximum atomic E-state index is 9.67. The molecule has 0 saturated heterocycles. The predicted octanol–water partition coefficient (Wildman–Crippen LogP) is 1.80. The van der Waals surface area contributed by atoms with Crippen molar-refractivity contribution in [2.24, 2.45) is 4.99 Å². The molecular weight excluding hydrogens is 300 g/mol. The molecule has 2 rings (SSSR count). The number of aliphatic hydroxyl groups is 1. The Labute approximate surface area is 146 Å². The minimum absolute atomic E-state index is 0.0709. The Morgan fingerprint density at radius 2 is 2.00 bits per heavy atom. The average molecular weight is 332 g/mol. The summed E-state index contributed by atoms with van der Waals surface area (Å²) < 4.78 is 0. The van der Waals surface area contributed by atoms with Crippen LogP contribution in [0.2, 0.25) is 0 Å². The van der Waals surface area contributed by atoms with Gasteiger partial charge in [-0.05, 0) is 39.3 Å². The number of hydrogen-bond acceptors (Lipinski definition) is 3. The molecule has 1 aromatic carbocycles. The third-order valence-electron chi connectivity index (χ3n) is 4.68. The van der Waals surface area contributed by atoms with E-state index < -0.39 is 0 Å². The van der Waals surface area contributed by atoms with Crippen molar-refractivity contribution in [3.63, 3.8) is 0 Å². The van der Waals surface area contributed by atoms with Gasteiger partial charge in [-0.2, -0.15) is 0 Å². The van der Waals surface area contributed by atoms with E-state index in [1.54, 1.807) is 0 Å². The zero-order valence-corrected chi connectivity index (χ0v) is 15.2. The van der Waals surface area contributed by atoms with Gasteiger partial charge in [0.1, 0.15) is 0 Å². The van der Waals surface area contributed by atoms with Crippen LogP contribution >= 0.6 is 0 Å². The lowest BCUT2D eigenvalue weighted by molar-refractivity contribution is 0.253. The van der Waals surface area contributed by atoms with Crippen LogP contribution in [0.1, 0.15) is 38.2 Å². The van der Waals surface area contributed by atoms with Crippen molar-refractivity contribution in [1.29, 1.82) is 0 Å². The lowest BCUT2D eigenvalue weighted by Crippen LogP contribution is -2.41. The summed E-state index contributed by atoms with van der Waals surface area (Å²) in [7, 11) is 2.19. The van der Waals surface area contributed by atoms with Crippen molar-refractivity contribution < 1.29 is 5.11 Å². The van der Waals surface area contributed by atoms with E-state index in [4.69, 9.17) is 4.99 Å². The van der Waals surface area contributed by atoms with E-state index in [-0.39, 0.29) is 12.5 Å². The zero-order chi connectivity index (χ0) is 17.4. The van der Waals surface area contributed by atoms with Crippen molar-refractivity contribution in [1.82, 2.24) is 15.5 Å². The molecule has 0 spiro atoms. The lowest BCUT2D eigenvalue weighted by Gasteiger charge is -2.23. The second kappa shape index (κ2) is 9.64. The number of benzene rings is 1. The number of nitrogens with zero attached hydrogens (tertiary/aromatic N) is 2. The standard InChI is InChI=1S/C19H32N4O/c1-4-20-19(21-12-15(2)23(3)18-10-11-18)22-13-17(14-24)16-8-6-5-7-9-16/h5-9,15,17-18,24H,4,10-14H2,1-3H3,(H2,20,21,22). The quantitative estimate of drug-likeness (QED) is 0.477. The number of aliphatic hydroxyl groups excluding tert-OH is 1. The number of aliphatic imine (C=N–C) groups is 1. The summed E-state index contributed by atoms with van der Waals surface area (Å²) in [4.78, 5) is 7.14. The van der Waals surface area contributed by atoms with Gasteiger partial charge in [0.2, 0.25) is 0 Å². The second-order valence-corrected chi connectivity index (χ2v) is 6.64. The fourth-order valence-corrected chi connectivity index (χ4v) is 2.77. The molecule has 1 aliphatic rings. The Hall–Kier alpha value is -1.59. The molecule has 0 aliphatic heterocycles. The molecule has 0 heterocycles. The van der Waals surface area contributed by atoms with Crippen molar-refractivity contribution in [3.05, 3.63) is 35.9 Å². The average Bonchev–Trinajstić information content (AvgIpc) is 3.45. The van der Waals surface area contributed by atoms with Crippen LogP contribution < -0.4 is 10.6 Å². The SMILES string of the molecule is CCNC(=NCC(C)N(C)C1CC1)NCC(CO)c1ccccc1. The molecule has 0 bridgehead atoms. The van der Waals surface area contributed by atoms with E-state index in [0.29, 0.717) is 12.6 Å². The molecule has 134 valence electrons. The molecule has 3 N–H and O–H groups in total. The highest BCUT2D eigenvalue weighted by molar-refractivity contribution is 5.79. The van der Waals surface area contributed by atoms with Gasteiger partial charge in [0, 0.05) is 31.1 Å². The minimum atomic E-state index is 0.0709. The molecule has 0 aromatic heterocycles. The van der Waals surface area contributed by atoms with Crippen molar-refractivity contribution >= 4 is 5.96 Å². The largest absolute Gasteiger partial charge is 0.396 e. The Balaban J connectivity index is 1.88. The molecule has 5 heteroatoms. The summed E-state index contributed by atoms with van der Waals surface area (Å²) in [6.07, 6.45) is 2.64. The normalized spacial score (nSPS) is 17.6. The van der Waals surface area contributed by atoms with Crippen LogP contribution in [0.25, 0.3) is 0 Å². The monoisotopic (exact) mass is 332 g/mol. The smallest absolute Gasteiger partial charge is 0.191 e. The highest BCUT2D eigenvalue weighted by atomic mass is 16.3. The Bertz CT molecular complexity index is 501.